The van der Waals surface area contributed by atoms with Crippen LogP contribution in [0.3, 0.4) is 0 Å². The molecule has 1 aromatic carbocycles. The van der Waals surface area contributed by atoms with Crippen molar-refractivity contribution in [3.05, 3.63) is 65.5 Å². The van der Waals surface area contributed by atoms with Gasteiger partial charge in [-0.15, -0.1) is 0 Å². The normalized spacial score (nSPS) is 11.0. The molecule has 0 radical (unpaired) electrons. The van der Waals surface area contributed by atoms with Crippen LogP contribution in [0.5, 0.6) is 0 Å². The molecule has 2 rings (SSSR count). The lowest BCUT2D eigenvalue weighted by atomic mass is 10.1. The SMILES string of the molecule is CCNCc1cccc(CN(C)CCc2ccncc2)c1. The Balaban J connectivity index is 1.83. The lowest BCUT2D eigenvalue weighted by Crippen LogP contribution is -2.21. The topological polar surface area (TPSA) is 28.2 Å². The van der Waals surface area contributed by atoms with Crippen LogP contribution in [-0.2, 0) is 19.5 Å². The van der Waals surface area contributed by atoms with Crippen molar-refractivity contribution >= 4 is 0 Å². The van der Waals surface area contributed by atoms with E-state index in [1.54, 1.807) is 0 Å². The van der Waals surface area contributed by atoms with Gasteiger partial charge in [-0.1, -0.05) is 31.2 Å². The van der Waals surface area contributed by atoms with Gasteiger partial charge in [-0.05, 0) is 48.8 Å². The molecule has 1 N–H and O–H groups in total. The zero-order valence-electron chi connectivity index (χ0n) is 13.0. The summed E-state index contributed by atoms with van der Waals surface area (Å²) in [5.74, 6) is 0. The second-order valence-electron chi connectivity index (χ2n) is 5.44. The van der Waals surface area contributed by atoms with E-state index in [1.807, 2.05) is 12.4 Å². The summed E-state index contributed by atoms with van der Waals surface area (Å²) in [5.41, 5.74) is 4.08. The summed E-state index contributed by atoms with van der Waals surface area (Å²) in [6.07, 6.45) is 4.79. The van der Waals surface area contributed by atoms with Crippen molar-refractivity contribution in [3.8, 4) is 0 Å². The molecule has 0 aliphatic heterocycles. The minimum atomic E-state index is 0.949. The monoisotopic (exact) mass is 283 g/mol. The van der Waals surface area contributed by atoms with Crippen molar-refractivity contribution in [2.75, 3.05) is 20.1 Å². The molecule has 0 fully saturated rings. The molecule has 0 amide bonds. The largest absolute Gasteiger partial charge is 0.313 e. The van der Waals surface area contributed by atoms with Crippen LogP contribution < -0.4 is 5.32 Å². The van der Waals surface area contributed by atoms with Crippen molar-refractivity contribution in [1.82, 2.24) is 15.2 Å². The summed E-state index contributed by atoms with van der Waals surface area (Å²) in [4.78, 5) is 6.42. The number of rotatable bonds is 8. The second kappa shape index (κ2) is 8.55. The van der Waals surface area contributed by atoms with Crippen LogP contribution >= 0.6 is 0 Å². The van der Waals surface area contributed by atoms with Gasteiger partial charge in [-0.25, -0.2) is 0 Å². The van der Waals surface area contributed by atoms with E-state index in [0.717, 1.165) is 32.6 Å². The number of nitrogens with one attached hydrogen (secondary N) is 1. The zero-order valence-corrected chi connectivity index (χ0v) is 13.0. The maximum atomic E-state index is 4.05. The number of pyridine rings is 1. The molecule has 3 heteroatoms. The summed E-state index contributed by atoms with van der Waals surface area (Å²) in [6.45, 7) is 6.14. The highest BCUT2D eigenvalue weighted by molar-refractivity contribution is 5.23. The number of likely N-dealkylation sites (N-methyl/N-ethyl adjacent to an activating group) is 1. The van der Waals surface area contributed by atoms with Gasteiger partial charge in [0.15, 0.2) is 0 Å². The van der Waals surface area contributed by atoms with Gasteiger partial charge in [0.25, 0.3) is 0 Å². The molecule has 0 spiro atoms. The standard InChI is InChI=1S/C18H25N3/c1-3-19-14-17-5-4-6-18(13-17)15-21(2)12-9-16-7-10-20-11-8-16/h4-8,10-11,13,19H,3,9,12,14-15H2,1-2H3. The number of aromatic nitrogens is 1. The third-order valence-electron chi connectivity index (χ3n) is 3.55. The highest BCUT2D eigenvalue weighted by Gasteiger charge is 2.02. The van der Waals surface area contributed by atoms with Crippen LogP contribution in [-0.4, -0.2) is 30.0 Å². The summed E-state index contributed by atoms with van der Waals surface area (Å²) >= 11 is 0. The average molecular weight is 283 g/mol. The van der Waals surface area contributed by atoms with Gasteiger partial charge in [0.2, 0.25) is 0 Å². The summed E-state index contributed by atoms with van der Waals surface area (Å²) in [7, 11) is 2.18. The molecule has 0 unspecified atom stereocenters. The smallest absolute Gasteiger partial charge is 0.0270 e. The molecule has 0 saturated carbocycles. The van der Waals surface area contributed by atoms with Crippen LogP contribution in [0, 0.1) is 0 Å². The number of benzene rings is 1. The Morgan fingerprint density at radius 2 is 1.81 bits per heavy atom. The molecule has 0 saturated heterocycles. The van der Waals surface area contributed by atoms with Crippen molar-refractivity contribution in [2.45, 2.75) is 26.4 Å². The van der Waals surface area contributed by atoms with Crippen LogP contribution in [0.1, 0.15) is 23.6 Å². The Morgan fingerprint density at radius 3 is 2.57 bits per heavy atom. The molecule has 2 aromatic rings. The first-order valence-corrected chi connectivity index (χ1v) is 7.64. The van der Waals surface area contributed by atoms with Crippen molar-refractivity contribution in [1.29, 1.82) is 0 Å². The Hall–Kier alpha value is -1.71. The number of nitrogens with zero attached hydrogens (tertiary/aromatic N) is 2. The number of hydrogen-bond acceptors (Lipinski definition) is 3. The highest BCUT2D eigenvalue weighted by Crippen LogP contribution is 2.08. The fourth-order valence-electron chi connectivity index (χ4n) is 2.37. The predicted octanol–water partition coefficient (Wildman–Crippen LogP) is 2.87. The van der Waals surface area contributed by atoms with E-state index in [2.05, 4.69) is 65.6 Å². The summed E-state index contributed by atoms with van der Waals surface area (Å²) in [6, 6.07) is 13.0. The van der Waals surface area contributed by atoms with Crippen molar-refractivity contribution < 1.29 is 0 Å². The average Bonchev–Trinajstić information content (AvgIpc) is 2.52. The molecule has 0 atom stereocenters. The van der Waals surface area contributed by atoms with E-state index in [1.165, 1.54) is 16.7 Å². The quantitative estimate of drug-likeness (QED) is 0.807. The minimum Gasteiger partial charge on any atom is -0.313 e. The Bertz CT molecular complexity index is 525. The maximum Gasteiger partial charge on any atom is 0.0270 e. The second-order valence-corrected chi connectivity index (χ2v) is 5.44. The van der Waals surface area contributed by atoms with E-state index in [-0.39, 0.29) is 0 Å². The lowest BCUT2D eigenvalue weighted by Gasteiger charge is -2.17. The fraction of sp³-hybridized carbons (Fsp3) is 0.389. The van der Waals surface area contributed by atoms with Gasteiger partial charge in [-0.3, -0.25) is 4.98 Å². The van der Waals surface area contributed by atoms with Gasteiger partial charge >= 0.3 is 0 Å². The van der Waals surface area contributed by atoms with Gasteiger partial charge in [0.05, 0.1) is 0 Å². The molecule has 0 bridgehead atoms. The fourth-order valence-corrected chi connectivity index (χ4v) is 2.37. The van der Waals surface area contributed by atoms with Crippen LogP contribution in [0.25, 0.3) is 0 Å². The van der Waals surface area contributed by atoms with E-state index < -0.39 is 0 Å². The van der Waals surface area contributed by atoms with Gasteiger partial charge in [0, 0.05) is 32.0 Å². The van der Waals surface area contributed by atoms with Crippen LogP contribution in [0.4, 0.5) is 0 Å². The molecule has 3 nitrogen and oxygen atoms in total. The first-order valence-electron chi connectivity index (χ1n) is 7.64. The Morgan fingerprint density at radius 1 is 1.05 bits per heavy atom. The lowest BCUT2D eigenvalue weighted by molar-refractivity contribution is 0.331. The van der Waals surface area contributed by atoms with Gasteiger partial charge in [0.1, 0.15) is 0 Å². The first kappa shape index (κ1) is 15.7. The van der Waals surface area contributed by atoms with E-state index >= 15 is 0 Å². The molecule has 112 valence electrons. The van der Waals surface area contributed by atoms with E-state index in [0.29, 0.717) is 0 Å². The zero-order chi connectivity index (χ0) is 14.9. The predicted molar refractivity (Wildman–Crippen MR) is 88.1 cm³/mol. The Kier molecular flexibility index (Phi) is 6.38. The molecule has 1 aromatic heterocycles. The van der Waals surface area contributed by atoms with Crippen LogP contribution in [0.2, 0.25) is 0 Å². The van der Waals surface area contributed by atoms with Crippen molar-refractivity contribution in [2.24, 2.45) is 0 Å². The summed E-state index contributed by atoms with van der Waals surface area (Å²) < 4.78 is 0. The molecule has 1 heterocycles. The molecule has 0 aliphatic carbocycles. The molecular weight excluding hydrogens is 258 g/mol. The van der Waals surface area contributed by atoms with E-state index in [4.69, 9.17) is 0 Å². The maximum absolute atomic E-state index is 4.05. The Labute approximate surface area is 128 Å². The molecular formula is C18H25N3. The highest BCUT2D eigenvalue weighted by atomic mass is 15.1. The molecule has 0 aliphatic rings. The third kappa shape index (κ3) is 5.66. The molecule has 21 heavy (non-hydrogen) atoms. The van der Waals surface area contributed by atoms with Crippen LogP contribution in [0.15, 0.2) is 48.8 Å². The minimum absolute atomic E-state index is 0.949. The van der Waals surface area contributed by atoms with Gasteiger partial charge in [-0.2, -0.15) is 0 Å². The number of hydrogen-bond donors (Lipinski definition) is 1. The van der Waals surface area contributed by atoms with Gasteiger partial charge < -0.3 is 10.2 Å². The third-order valence-corrected chi connectivity index (χ3v) is 3.55. The summed E-state index contributed by atoms with van der Waals surface area (Å²) in [5, 5.41) is 3.37. The first-order chi connectivity index (χ1) is 10.3. The van der Waals surface area contributed by atoms with E-state index in [9.17, 15) is 0 Å². The van der Waals surface area contributed by atoms with Crippen molar-refractivity contribution in [3.63, 3.8) is 0 Å².